The lowest BCUT2D eigenvalue weighted by Gasteiger charge is -2.52. The third kappa shape index (κ3) is 18.5. The van der Waals surface area contributed by atoms with E-state index in [4.69, 9.17) is 52.9 Å². The summed E-state index contributed by atoms with van der Waals surface area (Å²) in [4.78, 5) is 52.4. The summed E-state index contributed by atoms with van der Waals surface area (Å²) in [5, 5.41) is 63.3. The second kappa shape index (κ2) is 34.8. The van der Waals surface area contributed by atoms with Gasteiger partial charge in [-0.3, -0.25) is 0 Å². The van der Waals surface area contributed by atoms with E-state index in [1.807, 2.05) is 68.7 Å². The van der Waals surface area contributed by atoms with E-state index in [-0.39, 0.29) is 65.2 Å². The Balaban J connectivity index is 0.000000162. The summed E-state index contributed by atoms with van der Waals surface area (Å²) in [6.45, 7) is 16.2. The number of fused-ring (bicyclic) bond motifs is 9. The van der Waals surface area contributed by atoms with Gasteiger partial charge in [-0.1, -0.05) is 36.4 Å². The lowest BCUT2D eigenvalue weighted by Crippen LogP contribution is -3.00. The average Bonchev–Trinajstić information content (AvgIpc) is 1.23. The first-order valence-electron chi connectivity index (χ1n) is 32.7. The van der Waals surface area contributed by atoms with E-state index in [0.29, 0.717) is 92.8 Å². The lowest BCUT2D eigenvalue weighted by atomic mass is 9.83. The minimum Gasteiger partial charge on any atom is -1.00 e. The van der Waals surface area contributed by atoms with Crippen molar-refractivity contribution in [2.24, 2.45) is 17.8 Å². The average molecular weight is 1610 g/mol. The fourth-order valence-corrected chi connectivity index (χ4v) is 19.8. The highest BCUT2D eigenvalue weighted by molar-refractivity contribution is 7.13. The zero-order chi connectivity index (χ0) is 67.6. The van der Waals surface area contributed by atoms with Gasteiger partial charge in [-0.05, 0) is 68.7 Å². The Morgan fingerprint density at radius 3 is 1.09 bits per heavy atom. The summed E-state index contributed by atoms with van der Waals surface area (Å²) < 4.78 is 80.2. The zero-order valence-corrected chi connectivity index (χ0v) is 62.0. The van der Waals surface area contributed by atoms with Crippen molar-refractivity contribution >= 4 is 91.9 Å². The van der Waals surface area contributed by atoms with Gasteiger partial charge < -0.3 is 116 Å². The predicted octanol–water partition coefficient (Wildman–Crippen LogP) is 1.09. The molecule has 6 aromatic rings. The van der Waals surface area contributed by atoms with Crippen LogP contribution in [0.3, 0.4) is 0 Å². The van der Waals surface area contributed by atoms with E-state index in [2.05, 4.69) is 0 Å². The monoisotopic (exact) mass is 1610 g/mol. The number of thiophene rings is 6. The Morgan fingerprint density at radius 1 is 0.490 bits per heavy atom. The number of aliphatic carboxylic acids is 1. The van der Waals surface area contributed by atoms with E-state index in [1.54, 1.807) is 36.4 Å². The smallest absolute Gasteiger partial charge is 0.430 e. The second-order valence-electron chi connectivity index (χ2n) is 26.0. The summed E-state index contributed by atoms with van der Waals surface area (Å²) in [6.07, 6.45) is 1.82. The van der Waals surface area contributed by atoms with Crippen molar-refractivity contribution in [1.29, 1.82) is 0 Å². The van der Waals surface area contributed by atoms with Crippen LogP contribution in [0.1, 0.15) is 74.2 Å². The van der Waals surface area contributed by atoms with E-state index < -0.39 is 46.9 Å². The molecule has 0 saturated carbocycles. The molecule has 31 heteroatoms. The van der Waals surface area contributed by atoms with Crippen LogP contribution in [0.2, 0.25) is 0 Å². The third-order valence-electron chi connectivity index (χ3n) is 20.1. The number of aliphatic hydroxyl groups is 4. The van der Waals surface area contributed by atoms with Crippen LogP contribution in [-0.2, 0) is 73.9 Å². The molecule has 11 saturated heterocycles. The molecule has 0 spiro atoms. The fraction of sp³-hybridized carbons (Fsp3) is 0.582. The van der Waals surface area contributed by atoms with Crippen molar-refractivity contribution in [3.63, 3.8) is 0 Å². The first kappa shape index (κ1) is 78.5. The molecule has 0 aliphatic carbocycles. The number of aliphatic hydroxyl groups excluding tert-OH is 1. The van der Waals surface area contributed by atoms with Crippen molar-refractivity contribution in [2.75, 3.05) is 131 Å². The third-order valence-corrected chi connectivity index (χ3v) is 26.0. The van der Waals surface area contributed by atoms with Crippen LogP contribution in [-0.4, -0.2) is 226 Å². The summed E-state index contributed by atoms with van der Waals surface area (Å²) >= 11 is 8.26. The van der Waals surface area contributed by atoms with E-state index >= 15 is 0 Å². The molecule has 17 rings (SSSR count). The molecule has 20 nitrogen and oxygen atoms in total. The summed E-state index contributed by atoms with van der Waals surface area (Å²) in [5.41, 5.74) is -5.19. The predicted molar refractivity (Wildman–Crippen MR) is 352 cm³/mol. The maximum absolute atomic E-state index is 13.4. The van der Waals surface area contributed by atoms with Crippen LogP contribution in [0.25, 0.3) is 0 Å². The van der Waals surface area contributed by atoms with Crippen molar-refractivity contribution in [1.82, 2.24) is 0 Å². The van der Waals surface area contributed by atoms with Crippen LogP contribution >= 0.6 is 68.0 Å². The first-order valence-corrected chi connectivity index (χ1v) is 38.0. The van der Waals surface area contributed by atoms with Crippen molar-refractivity contribution in [3.8, 4) is 0 Å². The molecule has 0 amide bonds. The Labute approximate surface area is 612 Å². The van der Waals surface area contributed by atoms with Crippen LogP contribution in [0.4, 0.5) is 13.2 Å². The molecule has 6 aromatic heterocycles. The van der Waals surface area contributed by atoms with Crippen LogP contribution in [0.5, 0.6) is 0 Å². The number of ether oxygens (including phenoxy) is 8. The molecule has 540 valence electrons. The Hall–Kier alpha value is -3.65. The molecule has 11 aliphatic heterocycles. The Bertz CT molecular complexity index is 3270. The highest BCUT2D eigenvalue weighted by Crippen LogP contribution is 2.45. The molecule has 6 bridgehead atoms. The van der Waals surface area contributed by atoms with Gasteiger partial charge in [0.15, 0.2) is 24.6 Å². The van der Waals surface area contributed by atoms with Gasteiger partial charge in [-0.25, -0.2) is 14.4 Å². The molecule has 11 fully saturated rings. The number of alkyl halides is 3. The lowest BCUT2D eigenvalue weighted by molar-refractivity contribution is -0.946. The van der Waals surface area contributed by atoms with Gasteiger partial charge in [0.1, 0.15) is 44.8 Å². The van der Waals surface area contributed by atoms with Crippen molar-refractivity contribution in [2.45, 2.75) is 98.6 Å². The van der Waals surface area contributed by atoms with Crippen LogP contribution in [0.15, 0.2) is 105 Å². The van der Waals surface area contributed by atoms with Gasteiger partial charge in [0, 0.05) is 62.7 Å². The number of carbonyl (C=O) groups excluding carboxylic acids is 4. The van der Waals surface area contributed by atoms with Crippen LogP contribution in [0, 0.1) is 17.8 Å². The SMILES string of the molecule is O=C(O[C@@H]1C[N+]2(CC3CO3)CCC1CC2)C(O)(c1cccs1)c1cccs1.O=C(O[C@H]1C[N+]2(CCC3OCCO3)CCC1CC2)C(O)(c1cccs1)c1cccs1.O=C(O[C@H]1C[N+]2(CCOCCOCCO)CCC1CC2)C(O)(c1cccs1)c1cccs1.O=C([O-])C(F)(F)F.[Br-].[Br-]. The normalized spacial score (nSPS) is 26.9. The van der Waals surface area contributed by atoms with Gasteiger partial charge >= 0.3 is 24.1 Å². The number of rotatable bonds is 25. The van der Waals surface area contributed by atoms with E-state index in [9.17, 15) is 42.9 Å². The number of quaternary nitrogens is 3. The molecular formula is C67H84Br2F3N3O17S6. The minimum absolute atomic E-state index is 0. The topological polar surface area (TPSA) is 249 Å². The molecular weight excluding hydrogens is 1530 g/mol. The molecule has 11 aliphatic rings. The van der Waals surface area contributed by atoms with Crippen LogP contribution < -0.4 is 39.1 Å². The van der Waals surface area contributed by atoms with E-state index in [0.717, 1.165) is 144 Å². The number of epoxide rings is 1. The number of carboxylic acid groups (broad SMARTS) is 1. The number of hydrogen-bond donors (Lipinski definition) is 4. The highest BCUT2D eigenvalue weighted by Gasteiger charge is 2.55. The van der Waals surface area contributed by atoms with Gasteiger partial charge in [0.25, 0.3) is 0 Å². The minimum atomic E-state index is -5.19. The Morgan fingerprint density at radius 2 is 0.796 bits per heavy atom. The molecule has 98 heavy (non-hydrogen) atoms. The summed E-state index contributed by atoms with van der Waals surface area (Å²) in [7, 11) is 0. The molecule has 17 heterocycles. The number of carbonyl (C=O) groups is 4. The maximum Gasteiger partial charge on any atom is 0.430 e. The molecule has 1 unspecified atom stereocenters. The number of piperidine rings is 9. The maximum atomic E-state index is 13.4. The number of halogens is 5. The highest BCUT2D eigenvalue weighted by atomic mass is 79.9. The molecule has 0 radical (unpaired) electrons. The molecule has 0 aromatic carbocycles. The Kier molecular flexibility index (Phi) is 27.8. The van der Waals surface area contributed by atoms with Gasteiger partial charge in [-0.2, -0.15) is 13.2 Å². The van der Waals surface area contributed by atoms with Gasteiger partial charge in [-0.15, -0.1) is 68.0 Å². The zero-order valence-electron chi connectivity index (χ0n) is 53.9. The van der Waals surface area contributed by atoms with Gasteiger partial charge in [0.2, 0.25) is 16.8 Å². The quantitative estimate of drug-likeness (QED) is 0.0206. The standard InChI is InChI=1S/C23H32NO6S2.C22H28NO5S2.C20H24NO4S2.C2HF3O2.2BrH/c25-10-12-29-14-13-28-11-9-24-7-5-18(6-8-24)19(17-24)30-22(26)23(27,20-3-1-15-31-20)21-4-2-16-32-21;24-21(22(25,18-3-1-13-29-18)19-4-2-14-30-19)28-17-15-23(8-5-16(17)6-9-23)10-7-20-26-11-12-27-20;22-19(20(23,17-3-1-9-26-17)18-4-2-10-27-18)25-16-12-21(11-15-13-24-15)7-5-14(16)6-8-21;3-2(4,5)1(6)7;;/h1-4,15-16,18-19,25,27H,5-14,17H2;1-4,13-14,16-17,20,25H,5-12,15H2;1-4,9-10,14-16,23H,5-8,11-13H2;(H,6,7);2*1H/q3*+1;;;/p-3/t18?,19-,24?;16?,17-,23?;14?,15?,16-,21?;;;/m001.../s1. The first-order chi connectivity index (χ1) is 46.2. The molecule has 4 N–H and O–H groups in total. The van der Waals surface area contributed by atoms with Crippen molar-refractivity contribution in [3.05, 3.63) is 134 Å². The van der Waals surface area contributed by atoms with Gasteiger partial charge in [0.05, 0.1) is 128 Å². The number of hydrogen-bond acceptors (Lipinski definition) is 23. The summed E-state index contributed by atoms with van der Waals surface area (Å²) in [6, 6.07) is 21.9. The number of nitrogens with zero attached hydrogens (tertiary/aromatic N) is 3. The second-order valence-corrected chi connectivity index (χ2v) is 31.7. The largest absolute Gasteiger partial charge is 1.00 e. The number of esters is 3. The fourth-order valence-electron chi connectivity index (χ4n) is 14.7. The molecule has 4 atom stereocenters. The summed E-state index contributed by atoms with van der Waals surface area (Å²) in [5.74, 6) is -3.53. The van der Waals surface area contributed by atoms with E-state index in [1.165, 1.54) is 68.0 Å². The number of carboxylic acids is 1. The van der Waals surface area contributed by atoms with Crippen molar-refractivity contribution < 1.29 is 143 Å².